The Kier molecular flexibility index (Phi) is 4.29. The van der Waals surface area contributed by atoms with Crippen molar-refractivity contribution in [3.8, 4) is 0 Å². The Morgan fingerprint density at radius 3 is 2.42 bits per heavy atom. The number of rotatable bonds is 4. The maximum absolute atomic E-state index is 12.5. The Bertz CT molecular complexity index is 1000. The molecule has 0 aliphatic rings. The highest BCUT2D eigenvalue weighted by molar-refractivity contribution is 5.79. The van der Waals surface area contributed by atoms with Gasteiger partial charge in [-0.05, 0) is 17.7 Å². The van der Waals surface area contributed by atoms with Gasteiger partial charge in [0.15, 0.2) is 0 Å². The average molecular weight is 323 g/mol. The lowest BCUT2D eigenvalue weighted by atomic mass is 10.2. The fourth-order valence-electron chi connectivity index (χ4n) is 2.60. The molecule has 0 radical (unpaired) electrons. The van der Waals surface area contributed by atoms with Crippen molar-refractivity contribution in [2.45, 2.75) is 13.1 Å². The zero-order valence-electron chi connectivity index (χ0n) is 13.2. The first kappa shape index (κ1) is 15.7. The molecule has 0 aliphatic carbocycles. The highest BCUT2D eigenvalue weighted by Gasteiger charge is 2.13. The number of nitrogens with one attached hydrogen (secondary N) is 1. The van der Waals surface area contributed by atoms with E-state index in [0.717, 1.165) is 10.1 Å². The second kappa shape index (κ2) is 6.54. The van der Waals surface area contributed by atoms with Crippen LogP contribution in [0.5, 0.6) is 0 Å². The van der Waals surface area contributed by atoms with Crippen LogP contribution in [0.15, 0.2) is 64.2 Å². The van der Waals surface area contributed by atoms with Crippen LogP contribution in [-0.4, -0.2) is 15.0 Å². The van der Waals surface area contributed by atoms with Crippen LogP contribution in [0.4, 0.5) is 0 Å². The molecule has 1 heterocycles. The molecular weight excluding hydrogens is 306 g/mol. The third-order valence-electron chi connectivity index (χ3n) is 3.89. The van der Waals surface area contributed by atoms with Gasteiger partial charge in [-0.2, -0.15) is 0 Å². The van der Waals surface area contributed by atoms with Crippen molar-refractivity contribution in [1.82, 2.24) is 14.5 Å². The van der Waals surface area contributed by atoms with Gasteiger partial charge in [0.1, 0.15) is 6.54 Å². The number of benzene rings is 2. The van der Waals surface area contributed by atoms with Crippen LogP contribution in [0.25, 0.3) is 10.9 Å². The normalized spacial score (nSPS) is 10.7. The molecule has 0 bridgehead atoms. The van der Waals surface area contributed by atoms with E-state index in [9.17, 15) is 14.4 Å². The average Bonchev–Trinajstić information content (AvgIpc) is 2.62. The van der Waals surface area contributed by atoms with Gasteiger partial charge in [0.25, 0.3) is 5.56 Å². The van der Waals surface area contributed by atoms with Crippen molar-refractivity contribution in [2.75, 3.05) is 0 Å². The second-order valence-corrected chi connectivity index (χ2v) is 5.51. The summed E-state index contributed by atoms with van der Waals surface area (Å²) in [6, 6.07) is 16.3. The molecule has 6 heteroatoms. The number of nitrogens with zero attached hydrogens (tertiary/aromatic N) is 2. The topological polar surface area (TPSA) is 73.1 Å². The predicted molar refractivity (Wildman–Crippen MR) is 91.7 cm³/mol. The minimum atomic E-state index is -0.506. The third kappa shape index (κ3) is 2.99. The van der Waals surface area contributed by atoms with Gasteiger partial charge >= 0.3 is 5.69 Å². The number of carbonyl (C=O) groups is 1. The Hall–Kier alpha value is -3.15. The summed E-state index contributed by atoms with van der Waals surface area (Å²) in [5, 5.41) is 3.14. The Labute approximate surface area is 138 Å². The summed E-state index contributed by atoms with van der Waals surface area (Å²) in [5.74, 6) is -0.381. The van der Waals surface area contributed by atoms with Crippen LogP contribution in [-0.2, 0) is 24.9 Å². The van der Waals surface area contributed by atoms with Gasteiger partial charge in [-0.1, -0.05) is 42.5 Å². The maximum Gasteiger partial charge on any atom is 0.331 e. The molecule has 0 saturated carbocycles. The molecule has 0 spiro atoms. The highest BCUT2D eigenvalue weighted by atomic mass is 16.2. The van der Waals surface area contributed by atoms with Crippen LogP contribution >= 0.6 is 0 Å². The Morgan fingerprint density at radius 2 is 1.67 bits per heavy atom. The molecule has 1 aromatic heterocycles. The standard InChI is InChI=1S/C18H17N3O3/c1-20-15-10-6-5-9-14(15)17(23)21(18(20)24)12-16(22)19-11-13-7-3-2-4-8-13/h2-10H,11-12H2,1H3,(H,19,22). The second-order valence-electron chi connectivity index (χ2n) is 5.51. The zero-order valence-corrected chi connectivity index (χ0v) is 13.2. The lowest BCUT2D eigenvalue weighted by molar-refractivity contribution is -0.121. The van der Waals surface area contributed by atoms with Crippen molar-refractivity contribution < 1.29 is 4.79 Å². The van der Waals surface area contributed by atoms with Gasteiger partial charge in [0.2, 0.25) is 5.91 Å². The molecule has 0 fully saturated rings. The van der Waals surface area contributed by atoms with Crippen LogP contribution in [0.3, 0.4) is 0 Å². The summed E-state index contributed by atoms with van der Waals surface area (Å²) >= 11 is 0. The van der Waals surface area contributed by atoms with Gasteiger partial charge in [0.05, 0.1) is 10.9 Å². The van der Waals surface area contributed by atoms with E-state index >= 15 is 0 Å². The number of hydrogen-bond donors (Lipinski definition) is 1. The largest absolute Gasteiger partial charge is 0.350 e. The zero-order chi connectivity index (χ0) is 17.1. The molecule has 1 amide bonds. The van der Waals surface area contributed by atoms with E-state index in [4.69, 9.17) is 0 Å². The van der Waals surface area contributed by atoms with Gasteiger partial charge in [-0.3, -0.25) is 18.7 Å². The smallest absolute Gasteiger partial charge is 0.331 e. The molecular formula is C18H17N3O3. The summed E-state index contributed by atoms with van der Waals surface area (Å²) in [5.41, 5.74) is 0.537. The van der Waals surface area contributed by atoms with E-state index < -0.39 is 11.2 Å². The van der Waals surface area contributed by atoms with E-state index in [1.165, 1.54) is 4.57 Å². The molecule has 0 saturated heterocycles. The summed E-state index contributed by atoms with van der Waals surface area (Å²) in [4.78, 5) is 37.0. The van der Waals surface area contributed by atoms with E-state index in [1.54, 1.807) is 31.3 Å². The molecule has 0 atom stereocenters. The molecule has 6 nitrogen and oxygen atoms in total. The number of hydrogen-bond acceptors (Lipinski definition) is 3. The first-order chi connectivity index (χ1) is 11.6. The van der Waals surface area contributed by atoms with Crippen molar-refractivity contribution in [3.05, 3.63) is 81.0 Å². The van der Waals surface area contributed by atoms with Crippen LogP contribution < -0.4 is 16.6 Å². The highest BCUT2D eigenvalue weighted by Crippen LogP contribution is 2.05. The number of para-hydroxylation sites is 1. The summed E-state index contributed by atoms with van der Waals surface area (Å²) in [6.07, 6.45) is 0. The molecule has 3 aromatic rings. The minimum absolute atomic E-state index is 0.302. The molecule has 3 rings (SSSR count). The minimum Gasteiger partial charge on any atom is -0.350 e. The monoisotopic (exact) mass is 323 g/mol. The summed E-state index contributed by atoms with van der Waals surface area (Å²) in [7, 11) is 1.59. The molecule has 0 aliphatic heterocycles. The van der Waals surface area contributed by atoms with E-state index in [-0.39, 0.29) is 12.5 Å². The predicted octanol–water partition coefficient (Wildman–Crippen LogP) is 1.02. The molecule has 122 valence electrons. The number of fused-ring (bicyclic) bond motifs is 1. The molecule has 24 heavy (non-hydrogen) atoms. The fraction of sp³-hybridized carbons (Fsp3) is 0.167. The summed E-state index contributed by atoms with van der Waals surface area (Å²) in [6.45, 7) is 0.0471. The maximum atomic E-state index is 12.5. The first-order valence-electron chi connectivity index (χ1n) is 7.57. The van der Waals surface area contributed by atoms with Crippen molar-refractivity contribution in [3.63, 3.8) is 0 Å². The lowest BCUT2D eigenvalue weighted by Gasteiger charge is -2.11. The summed E-state index contributed by atoms with van der Waals surface area (Å²) < 4.78 is 2.34. The Balaban J connectivity index is 1.86. The van der Waals surface area contributed by atoms with E-state index in [2.05, 4.69) is 5.32 Å². The lowest BCUT2D eigenvalue weighted by Crippen LogP contribution is -2.43. The van der Waals surface area contributed by atoms with Gasteiger partial charge in [0, 0.05) is 13.6 Å². The van der Waals surface area contributed by atoms with E-state index in [1.807, 2.05) is 30.3 Å². The number of aromatic nitrogens is 2. The van der Waals surface area contributed by atoms with Crippen molar-refractivity contribution in [2.24, 2.45) is 7.05 Å². The van der Waals surface area contributed by atoms with Crippen LogP contribution in [0, 0.1) is 0 Å². The van der Waals surface area contributed by atoms with Gasteiger partial charge in [-0.15, -0.1) is 0 Å². The quantitative estimate of drug-likeness (QED) is 0.779. The third-order valence-corrected chi connectivity index (χ3v) is 3.89. The van der Waals surface area contributed by atoms with Gasteiger partial charge < -0.3 is 5.32 Å². The van der Waals surface area contributed by atoms with Crippen LogP contribution in [0.2, 0.25) is 0 Å². The van der Waals surface area contributed by atoms with Crippen LogP contribution in [0.1, 0.15) is 5.56 Å². The number of aryl methyl sites for hydroxylation is 1. The molecule has 0 unspecified atom stereocenters. The number of amides is 1. The number of carbonyl (C=O) groups excluding carboxylic acids is 1. The van der Waals surface area contributed by atoms with Crippen molar-refractivity contribution >= 4 is 16.8 Å². The fourth-order valence-corrected chi connectivity index (χ4v) is 2.60. The molecule has 2 aromatic carbocycles. The SMILES string of the molecule is Cn1c(=O)n(CC(=O)NCc2ccccc2)c(=O)c2ccccc21. The molecule has 1 N–H and O–H groups in total. The first-order valence-corrected chi connectivity index (χ1v) is 7.57. The Morgan fingerprint density at radius 1 is 1.00 bits per heavy atom. The van der Waals surface area contributed by atoms with Crippen molar-refractivity contribution in [1.29, 1.82) is 0 Å². The van der Waals surface area contributed by atoms with E-state index in [0.29, 0.717) is 17.4 Å². The van der Waals surface area contributed by atoms with Gasteiger partial charge in [-0.25, -0.2) is 4.79 Å².